The van der Waals surface area contributed by atoms with E-state index in [9.17, 15) is 9.59 Å². The molecule has 1 atom stereocenters. The standard InChI is InChI=1S/C30H34Cl2N2O3/c1-5-14-33-30(36)27(17-23-10-7-6-8-11-23)34(18-24-25(31)12-9-13-26(24)32)29(35)19-37-28-16-20(2)15-21(3)22(28)4/h6-13,15-16,27H,5,14,17-19H2,1-4H3,(H,33,36)/t27-/m0/s1. The second-order valence-electron chi connectivity index (χ2n) is 9.21. The maximum absolute atomic E-state index is 13.8. The van der Waals surface area contributed by atoms with Gasteiger partial charge < -0.3 is 15.0 Å². The third-order valence-corrected chi connectivity index (χ3v) is 7.03. The molecule has 3 aromatic carbocycles. The largest absolute Gasteiger partial charge is 0.483 e. The Morgan fingerprint density at radius 1 is 0.973 bits per heavy atom. The van der Waals surface area contributed by atoms with Gasteiger partial charge in [0.15, 0.2) is 6.61 Å². The highest BCUT2D eigenvalue weighted by molar-refractivity contribution is 6.36. The maximum atomic E-state index is 13.8. The first-order valence-corrected chi connectivity index (χ1v) is 13.2. The van der Waals surface area contributed by atoms with E-state index in [4.69, 9.17) is 27.9 Å². The van der Waals surface area contributed by atoms with Gasteiger partial charge in [-0.1, -0.05) is 72.6 Å². The average molecular weight is 542 g/mol. The van der Waals surface area contributed by atoms with Gasteiger partial charge in [-0.2, -0.15) is 0 Å². The third kappa shape index (κ3) is 7.73. The van der Waals surface area contributed by atoms with E-state index in [1.54, 1.807) is 18.2 Å². The van der Waals surface area contributed by atoms with E-state index in [0.717, 1.165) is 28.7 Å². The summed E-state index contributed by atoms with van der Waals surface area (Å²) in [7, 11) is 0. The fourth-order valence-corrected chi connectivity index (χ4v) is 4.66. The molecule has 2 amide bonds. The Balaban J connectivity index is 1.97. The lowest BCUT2D eigenvalue weighted by Crippen LogP contribution is -2.51. The molecule has 0 radical (unpaired) electrons. The highest BCUT2D eigenvalue weighted by Gasteiger charge is 2.31. The molecule has 0 saturated carbocycles. The topological polar surface area (TPSA) is 58.6 Å². The number of amides is 2. The Bertz CT molecular complexity index is 1210. The van der Waals surface area contributed by atoms with Crippen molar-refractivity contribution in [3.05, 3.63) is 98.5 Å². The lowest BCUT2D eigenvalue weighted by molar-refractivity contribution is -0.142. The Morgan fingerprint density at radius 2 is 1.65 bits per heavy atom. The van der Waals surface area contributed by atoms with E-state index in [-0.39, 0.29) is 25.0 Å². The van der Waals surface area contributed by atoms with E-state index in [1.165, 1.54) is 4.90 Å². The highest BCUT2D eigenvalue weighted by Crippen LogP contribution is 2.28. The molecule has 0 bridgehead atoms. The minimum Gasteiger partial charge on any atom is -0.483 e. The molecule has 3 aromatic rings. The van der Waals surface area contributed by atoms with Gasteiger partial charge in [0, 0.05) is 35.1 Å². The molecule has 0 aliphatic heterocycles. The molecule has 0 aliphatic carbocycles. The quantitative estimate of drug-likeness (QED) is 0.303. The molecule has 37 heavy (non-hydrogen) atoms. The van der Waals surface area contributed by atoms with Crippen molar-refractivity contribution in [3.8, 4) is 5.75 Å². The molecular weight excluding hydrogens is 507 g/mol. The third-order valence-electron chi connectivity index (χ3n) is 6.33. The first-order chi connectivity index (χ1) is 17.7. The molecule has 7 heteroatoms. The molecule has 0 fully saturated rings. The summed E-state index contributed by atoms with van der Waals surface area (Å²) in [6.07, 6.45) is 1.12. The molecule has 0 aromatic heterocycles. The van der Waals surface area contributed by atoms with Crippen molar-refractivity contribution in [1.29, 1.82) is 0 Å². The van der Waals surface area contributed by atoms with Crippen molar-refractivity contribution in [3.63, 3.8) is 0 Å². The molecule has 1 N–H and O–H groups in total. The molecular formula is C30H34Cl2N2O3. The molecule has 0 heterocycles. The second kappa shape index (κ2) is 13.5. The number of benzene rings is 3. The van der Waals surface area contributed by atoms with Crippen LogP contribution in [0.25, 0.3) is 0 Å². The number of carbonyl (C=O) groups excluding carboxylic acids is 2. The fraction of sp³-hybridized carbons (Fsp3) is 0.333. The zero-order chi connectivity index (χ0) is 26.9. The van der Waals surface area contributed by atoms with Gasteiger partial charge in [-0.05, 0) is 67.6 Å². The van der Waals surface area contributed by atoms with Crippen molar-refractivity contribution in [2.45, 2.75) is 53.1 Å². The minimum absolute atomic E-state index is 0.0730. The molecule has 0 spiro atoms. The van der Waals surface area contributed by atoms with E-state index in [2.05, 4.69) is 11.4 Å². The molecule has 0 unspecified atom stereocenters. The van der Waals surface area contributed by atoms with Gasteiger partial charge >= 0.3 is 0 Å². The summed E-state index contributed by atoms with van der Waals surface area (Å²) < 4.78 is 6.01. The minimum atomic E-state index is -0.780. The Kier molecular flexibility index (Phi) is 10.4. The van der Waals surface area contributed by atoms with E-state index in [1.807, 2.05) is 64.1 Å². The summed E-state index contributed by atoms with van der Waals surface area (Å²) in [5, 5.41) is 3.83. The number of halogens is 2. The number of nitrogens with zero attached hydrogens (tertiary/aromatic N) is 1. The van der Waals surface area contributed by atoms with E-state index < -0.39 is 6.04 Å². The number of carbonyl (C=O) groups is 2. The first kappa shape index (κ1) is 28.5. The molecule has 3 rings (SSSR count). The first-order valence-electron chi connectivity index (χ1n) is 12.5. The van der Waals surface area contributed by atoms with E-state index in [0.29, 0.717) is 34.3 Å². The zero-order valence-electron chi connectivity index (χ0n) is 21.8. The van der Waals surface area contributed by atoms with Gasteiger partial charge in [0.25, 0.3) is 5.91 Å². The fourth-order valence-electron chi connectivity index (χ4n) is 4.15. The summed E-state index contributed by atoms with van der Waals surface area (Å²) in [6, 6.07) is 18.1. The van der Waals surface area contributed by atoms with Gasteiger partial charge in [-0.15, -0.1) is 0 Å². The van der Waals surface area contributed by atoms with E-state index >= 15 is 0 Å². The van der Waals surface area contributed by atoms with Crippen molar-refractivity contribution < 1.29 is 14.3 Å². The SMILES string of the molecule is CCCNC(=O)[C@H](Cc1ccccc1)N(Cc1c(Cl)cccc1Cl)C(=O)COc1cc(C)cc(C)c1C. The zero-order valence-corrected chi connectivity index (χ0v) is 23.3. The number of ether oxygens (including phenoxy) is 1. The van der Waals surface area contributed by atoms with Crippen LogP contribution in [-0.2, 0) is 22.6 Å². The van der Waals surface area contributed by atoms with Gasteiger partial charge in [0.1, 0.15) is 11.8 Å². The van der Waals surface area contributed by atoms with Crippen LogP contribution in [0.1, 0.15) is 41.2 Å². The normalized spacial score (nSPS) is 11.6. The van der Waals surface area contributed by atoms with Gasteiger partial charge in [0.05, 0.1) is 0 Å². The highest BCUT2D eigenvalue weighted by atomic mass is 35.5. The number of hydrogen-bond donors (Lipinski definition) is 1. The lowest BCUT2D eigenvalue weighted by atomic mass is 10.0. The summed E-state index contributed by atoms with van der Waals surface area (Å²) in [6.45, 7) is 8.31. The predicted octanol–water partition coefficient (Wildman–Crippen LogP) is 6.46. The smallest absolute Gasteiger partial charge is 0.261 e. The van der Waals surface area contributed by atoms with Crippen LogP contribution in [-0.4, -0.2) is 35.9 Å². The van der Waals surface area contributed by atoms with Crippen LogP contribution < -0.4 is 10.1 Å². The van der Waals surface area contributed by atoms with Gasteiger partial charge in [-0.25, -0.2) is 0 Å². The molecule has 0 aliphatic rings. The predicted molar refractivity (Wildman–Crippen MR) is 150 cm³/mol. The van der Waals surface area contributed by atoms with Crippen molar-refractivity contribution >= 4 is 35.0 Å². The van der Waals surface area contributed by atoms with Gasteiger partial charge in [-0.3, -0.25) is 9.59 Å². The van der Waals surface area contributed by atoms with Crippen molar-refractivity contribution in [2.24, 2.45) is 0 Å². The Morgan fingerprint density at radius 3 is 2.30 bits per heavy atom. The summed E-state index contributed by atoms with van der Waals surface area (Å²) in [5.74, 6) is 0.0866. The van der Waals surface area contributed by atoms with Gasteiger partial charge in [0.2, 0.25) is 5.91 Å². The van der Waals surface area contributed by atoms with Crippen molar-refractivity contribution in [2.75, 3.05) is 13.2 Å². The maximum Gasteiger partial charge on any atom is 0.261 e. The number of hydrogen-bond acceptors (Lipinski definition) is 3. The Hall–Kier alpha value is -3.02. The van der Waals surface area contributed by atoms with Crippen LogP contribution in [0.3, 0.4) is 0 Å². The summed E-state index contributed by atoms with van der Waals surface area (Å²) >= 11 is 13.0. The average Bonchev–Trinajstić information content (AvgIpc) is 2.87. The monoisotopic (exact) mass is 540 g/mol. The van der Waals surface area contributed by atoms with Crippen LogP contribution in [0, 0.1) is 20.8 Å². The summed E-state index contributed by atoms with van der Waals surface area (Å²) in [4.78, 5) is 28.7. The van der Waals surface area contributed by atoms with Crippen LogP contribution in [0.2, 0.25) is 10.0 Å². The molecule has 196 valence electrons. The molecule has 0 saturated heterocycles. The van der Waals surface area contributed by atoms with Crippen LogP contribution in [0.5, 0.6) is 5.75 Å². The molecule has 5 nitrogen and oxygen atoms in total. The summed E-state index contributed by atoms with van der Waals surface area (Å²) in [5.41, 5.74) is 4.63. The number of nitrogens with one attached hydrogen (secondary N) is 1. The lowest BCUT2D eigenvalue weighted by Gasteiger charge is -2.32. The van der Waals surface area contributed by atoms with Crippen LogP contribution >= 0.6 is 23.2 Å². The number of rotatable bonds is 11. The number of aryl methyl sites for hydroxylation is 2. The van der Waals surface area contributed by atoms with Crippen LogP contribution in [0.15, 0.2) is 60.7 Å². The van der Waals surface area contributed by atoms with Crippen molar-refractivity contribution in [1.82, 2.24) is 10.2 Å². The van der Waals surface area contributed by atoms with Crippen LogP contribution in [0.4, 0.5) is 0 Å². The second-order valence-corrected chi connectivity index (χ2v) is 10.0. The Labute approximate surface area is 229 Å².